The van der Waals surface area contributed by atoms with Crippen molar-refractivity contribution < 1.29 is 4.79 Å². The predicted molar refractivity (Wildman–Crippen MR) is 58.5 cm³/mol. The number of carbonyl (C=O) groups is 1. The highest BCUT2D eigenvalue weighted by Crippen LogP contribution is 2.23. The molecule has 1 saturated carbocycles. The van der Waals surface area contributed by atoms with Crippen LogP contribution in [0.3, 0.4) is 0 Å². The van der Waals surface area contributed by atoms with Crippen molar-refractivity contribution in [2.45, 2.75) is 38.5 Å². The molecule has 1 aromatic rings. The Bertz CT molecular complexity index is 343. The highest BCUT2D eigenvalue weighted by Gasteiger charge is 2.18. The molecule has 1 heterocycles. The normalized spacial score (nSPS) is 22.7. The summed E-state index contributed by atoms with van der Waals surface area (Å²) in [6.07, 6.45) is 10.0. The zero-order valence-electron chi connectivity index (χ0n) is 9.28. The molecule has 1 aromatic heterocycles. The lowest BCUT2D eigenvalue weighted by atomic mass is 9.93. The Hall–Kier alpha value is -1.12. The maximum atomic E-state index is 11.5. The fraction of sp³-hybridized carbons (Fsp3) is 0.667. The lowest BCUT2D eigenvalue weighted by Gasteiger charge is -2.11. The van der Waals surface area contributed by atoms with E-state index in [1.807, 2.05) is 17.9 Å². The minimum absolute atomic E-state index is 0.446. The summed E-state index contributed by atoms with van der Waals surface area (Å²) < 4.78 is 1.83. The van der Waals surface area contributed by atoms with Crippen LogP contribution in [-0.2, 0) is 18.3 Å². The molecule has 1 fully saturated rings. The summed E-state index contributed by atoms with van der Waals surface area (Å²) in [5.74, 6) is 0.991. The first-order valence-electron chi connectivity index (χ1n) is 5.73. The van der Waals surface area contributed by atoms with Crippen LogP contribution < -0.4 is 0 Å². The Morgan fingerprint density at radius 2 is 2.40 bits per heavy atom. The monoisotopic (exact) mass is 206 g/mol. The molecule has 0 N–H and O–H groups in total. The Balaban J connectivity index is 1.95. The Morgan fingerprint density at radius 3 is 3.13 bits per heavy atom. The summed E-state index contributed by atoms with van der Waals surface area (Å²) in [7, 11) is 1.93. The van der Waals surface area contributed by atoms with E-state index in [2.05, 4.69) is 11.3 Å². The van der Waals surface area contributed by atoms with Gasteiger partial charge in [0.05, 0.1) is 6.20 Å². The van der Waals surface area contributed by atoms with Gasteiger partial charge in [-0.3, -0.25) is 9.48 Å². The van der Waals surface area contributed by atoms with Crippen molar-refractivity contribution in [2.24, 2.45) is 13.0 Å². The highest BCUT2D eigenvalue weighted by atomic mass is 16.1. The molecule has 82 valence electrons. The summed E-state index contributed by atoms with van der Waals surface area (Å²) in [6.45, 7) is 0. The maximum Gasteiger partial charge on any atom is 0.133 e. The standard InChI is InChI=1S/C12H18N2O/c1-14-9-11(8-13-14)6-10-4-2-3-5-12(15)7-10/h8-10H,2-7H2,1H3. The van der Waals surface area contributed by atoms with Gasteiger partial charge in [-0.05, 0) is 30.7 Å². The van der Waals surface area contributed by atoms with Crippen LogP contribution in [0.1, 0.15) is 37.7 Å². The van der Waals surface area contributed by atoms with Crippen molar-refractivity contribution in [2.75, 3.05) is 0 Å². The molecular formula is C12H18N2O. The molecule has 0 amide bonds. The van der Waals surface area contributed by atoms with Gasteiger partial charge < -0.3 is 0 Å². The van der Waals surface area contributed by atoms with E-state index in [0.29, 0.717) is 11.7 Å². The van der Waals surface area contributed by atoms with Crippen LogP contribution in [0.2, 0.25) is 0 Å². The number of hydrogen-bond acceptors (Lipinski definition) is 2. The van der Waals surface area contributed by atoms with Gasteiger partial charge in [0.15, 0.2) is 0 Å². The van der Waals surface area contributed by atoms with Crippen LogP contribution in [0.15, 0.2) is 12.4 Å². The minimum Gasteiger partial charge on any atom is -0.300 e. The van der Waals surface area contributed by atoms with Gasteiger partial charge in [-0.25, -0.2) is 0 Å². The molecule has 0 radical (unpaired) electrons. The van der Waals surface area contributed by atoms with E-state index in [9.17, 15) is 4.79 Å². The van der Waals surface area contributed by atoms with Crippen LogP contribution in [0.25, 0.3) is 0 Å². The number of hydrogen-bond donors (Lipinski definition) is 0. The molecule has 3 nitrogen and oxygen atoms in total. The fourth-order valence-corrected chi connectivity index (χ4v) is 2.37. The van der Waals surface area contributed by atoms with Crippen LogP contribution >= 0.6 is 0 Å². The molecule has 0 aromatic carbocycles. The lowest BCUT2D eigenvalue weighted by Crippen LogP contribution is -2.07. The quantitative estimate of drug-likeness (QED) is 0.695. The summed E-state index contributed by atoms with van der Waals surface area (Å²) in [6, 6.07) is 0. The smallest absolute Gasteiger partial charge is 0.133 e. The highest BCUT2D eigenvalue weighted by molar-refractivity contribution is 5.78. The molecule has 15 heavy (non-hydrogen) atoms. The largest absolute Gasteiger partial charge is 0.300 e. The van der Waals surface area contributed by atoms with Gasteiger partial charge in [-0.1, -0.05) is 6.42 Å². The molecule has 1 unspecified atom stereocenters. The molecule has 3 heteroatoms. The van der Waals surface area contributed by atoms with Crippen LogP contribution in [0.4, 0.5) is 0 Å². The van der Waals surface area contributed by atoms with Crippen molar-refractivity contribution >= 4 is 5.78 Å². The van der Waals surface area contributed by atoms with Crippen molar-refractivity contribution in [3.63, 3.8) is 0 Å². The SMILES string of the molecule is Cn1cc(CC2CCCCC(=O)C2)cn1. The second kappa shape index (κ2) is 4.60. The third kappa shape index (κ3) is 2.91. The average molecular weight is 206 g/mol. The Kier molecular flexibility index (Phi) is 3.19. The molecular weight excluding hydrogens is 188 g/mol. The zero-order chi connectivity index (χ0) is 10.7. The van der Waals surface area contributed by atoms with Gasteiger partial charge in [0.1, 0.15) is 5.78 Å². The van der Waals surface area contributed by atoms with Gasteiger partial charge in [-0.15, -0.1) is 0 Å². The van der Waals surface area contributed by atoms with Gasteiger partial charge in [-0.2, -0.15) is 5.10 Å². The second-order valence-corrected chi connectivity index (χ2v) is 4.58. The topological polar surface area (TPSA) is 34.9 Å². The molecule has 1 atom stereocenters. The molecule has 0 spiro atoms. The summed E-state index contributed by atoms with van der Waals surface area (Å²) in [5.41, 5.74) is 1.26. The van der Waals surface area contributed by atoms with Crippen molar-refractivity contribution in [1.29, 1.82) is 0 Å². The number of nitrogens with zero attached hydrogens (tertiary/aromatic N) is 2. The summed E-state index contributed by atoms with van der Waals surface area (Å²) >= 11 is 0. The van der Waals surface area contributed by atoms with Gasteiger partial charge >= 0.3 is 0 Å². The number of ketones is 1. The fourth-order valence-electron chi connectivity index (χ4n) is 2.37. The van der Waals surface area contributed by atoms with E-state index < -0.39 is 0 Å². The molecule has 0 aliphatic heterocycles. The third-order valence-electron chi connectivity index (χ3n) is 3.12. The van der Waals surface area contributed by atoms with E-state index in [1.165, 1.54) is 18.4 Å². The van der Waals surface area contributed by atoms with Crippen molar-refractivity contribution in [1.82, 2.24) is 9.78 Å². The third-order valence-corrected chi connectivity index (χ3v) is 3.12. The maximum absolute atomic E-state index is 11.5. The van der Waals surface area contributed by atoms with E-state index >= 15 is 0 Å². The first kappa shape index (κ1) is 10.4. The number of aryl methyl sites for hydroxylation is 1. The van der Waals surface area contributed by atoms with E-state index in [4.69, 9.17) is 0 Å². The number of carbonyl (C=O) groups excluding carboxylic acids is 1. The van der Waals surface area contributed by atoms with E-state index in [-0.39, 0.29) is 0 Å². The molecule has 1 aliphatic rings. The van der Waals surface area contributed by atoms with E-state index in [1.54, 1.807) is 0 Å². The van der Waals surface area contributed by atoms with Crippen LogP contribution in [0, 0.1) is 5.92 Å². The van der Waals surface area contributed by atoms with Crippen molar-refractivity contribution in [3.8, 4) is 0 Å². The molecule has 0 saturated heterocycles. The number of Topliss-reactive ketones (excluding diaryl/α,β-unsaturated/α-hetero) is 1. The Morgan fingerprint density at radius 1 is 1.53 bits per heavy atom. The number of aromatic nitrogens is 2. The average Bonchev–Trinajstić information content (AvgIpc) is 2.46. The molecule has 0 bridgehead atoms. The summed E-state index contributed by atoms with van der Waals surface area (Å²) in [5, 5.41) is 4.16. The lowest BCUT2D eigenvalue weighted by molar-refractivity contribution is -0.119. The van der Waals surface area contributed by atoms with Crippen LogP contribution in [0.5, 0.6) is 0 Å². The first-order chi connectivity index (χ1) is 7.24. The van der Waals surface area contributed by atoms with Gasteiger partial charge in [0.25, 0.3) is 0 Å². The molecule has 1 aliphatic carbocycles. The van der Waals surface area contributed by atoms with Crippen molar-refractivity contribution in [3.05, 3.63) is 18.0 Å². The van der Waals surface area contributed by atoms with E-state index in [0.717, 1.165) is 25.7 Å². The first-order valence-corrected chi connectivity index (χ1v) is 5.73. The zero-order valence-corrected chi connectivity index (χ0v) is 9.28. The summed E-state index contributed by atoms with van der Waals surface area (Å²) in [4.78, 5) is 11.5. The van der Waals surface area contributed by atoms with Gasteiger partial charge in [0, 0.05) is 26.1 Å². The Labute approximate surface area is 90.5 Å². The van der Waals surface area contributed by atoms with Gasteiger partial charge in [0.2, 0.25) is 0 Å². The number of rotatable bonds is 2. The molecule has 2 rings (SSSR count). The second-order valence-electron chi connectivity index (χ2n) is 4.58. The predicted octanol–water partition coefficient (Wildman–Crippen LogP) is 2.11. The van der Waals surface area contributed by atoms with Crippen LogP contribution in [-0.4, -0.2) is 15.6 Å². The minimum atomic E-state index is 0.446.